The Kier molecular flexibility index (Phi) is 1.71. The predicted octanol–water partition coefficient (Wildman–Crippen LogP) is -2.91. The fourth-order valence-electron chi connectivity index (χ4n) is 0.676. The second-order valence-electron chi connectivity index (χ2n) is 2.36. The molecule has 0 aromatic heterocycles. The molecular weight excluding hydrogens is 170 g/mol. The molecule has 7 nitrogen and oxygen atoms in total. The van der Waals surface area contributed by atoms with Crippen LogP contribution >= 0.6 is 0 Å². The first kappa shape index (κ1) is 9.10. The van der Waals surface area contributed by atoms with Crippen molar-refractivity contribution in [1.82, 2.24) is 5.06 Å². The summed E-state index contributed by atoms with van der Waals surface area (Å²) in [6.45, 7) is 0. The van der Waals surface area contributed by atoms with Crippen molar-refractivity contribution in [3.8, 4) is 0 Å². The molecular formula is C5H7NO6. The molecule has 0 aromatic carbocycles. The minimum absolute atomic E-state index is 0.162. The maximum atomic E-state index is 10.7. The number of carbonyl (C=O) groups is 1. The van der Waals surface area contributed by atoms with Crippen molar-refractivity contribution in [2.75, 3.05) is 0 Å². The van der Waals surface area contributed by atoms with Crippen LogP contribution in [0.1, 0.15) is 0 Å². The fraction of sp³-hybridized carbons (Fsp3) is 0.400. The summed E-state index contributed by atoms with van der Waals surface area (Å²) in [4.78, 5) is 10.7. The molecule has 0 saturated carbocycles. The zero-order valence-electron chi connectivity index (χ0n) is 5.75. The zero-order valence-corrected chi connectivity index (χ0v) is 5.75. The molecule has 1 rings (SSSR count). The molecule has 0 radical (unpaired) electrons. The average molecular weight is 177 g/mol. The third-order valence-corrected chi connectivity index (χ3v) is 1.47. The lowest BCUT2D eigenvalue weighted by Crippen LogP contribution is -2.64. The highest BCUT2D eigenvalue weighted by Gasteiger charge is 2.56. The van der Waals surface area contributed by atoms with Crippen molar-refractivity contribution >= 4 is 5.91 Å². The highest BCUT2D eigenvalue weighted by atomic mass is 16.6. The van der Waals surface area contributed by atoms with Crippen LogP contribution in [0.5, 0.6) is 0 Å². The first-order chi connectivity index (χ1) is 5.29. The molecule has 5 N–H and O–H groups in total. The Balaban J connectivity index is 3.14. The molecule has 0 fully saturated rings. The van der Waals surface area contributed by atoms with Crippen molar-refractivity contribution in [1.29, 1.82) is 0 Å². The minimum Gasteiger partial charge on any atom is -0.358 e. The van der Waals surface area contributed by atoms with Gasteiger partial charge in [0.1, 0.15) is 0 Å². The summed E-state index contributed by atoms with van der Waals surface area (Å²) in [7, 11) is 0. The van der Waals surface area contributed by atoms with Crippen LogP contribution in [0.2, 0.25) is 0 Å². The van der Waals surface area contributed by atoms with Crippen molar-refractivity contribution in [3.63, 3.8) is 0 Å². The molecule has 0 aliphatic carbocycles. The van der Waals surface area contributed by atoms with Crippen molar-refractivity contribution < 1.29 is 30.4 Å². The number of carbonyl (C=O) groups excluding carboxylic acids is 1. The monoisotopic (exact) mass is 177 g/mol. The van der Waals surface area contributed by atoms with Crippen LogP contribution in [-0.4, -0.2) is 48.2 Å². The lowest BCUT2D eigenvalue weighted by atomic mass is 10.0. The van der Waals surface area contributed by atoms with E-state index in [0.717, 1.165) is 0 Å². The highest BCUT2D eigenvalue weighted by Crippen LogP contribution is 2.24. The van der Waals surface area contributed by atoms with E-state index in [9.17, 15) is 4.79 Å². The molecule has 0 bridgehead atoms. The Hall–Kier alpha value is -0.990. The van der Waals surface area contributed by atoms with Crippen molar-refractivity contribution in [2.24, 2.45) is 0 Å². The summed E-state index contributed by atoms with van der Waals surface area (Å²) in [5, 5.41) is 43.6. The molecule has 1 heterocycles. The van der Waals surface area contributed by atoms with Gasteiger partial charge in [-0.25, -0.2) is 0 Å². The van der Waals surface area contributed by atoms with Gasteiger partial charge in [-0.05, 0) is 6.08 Å². The maximum absolute atomic E-state index is 10.7. The van der Waals surface area contributed by atoms with Gasteiger partial charge in [-0.2, -0.15) is 5.06 Å². The standard InChI is InChI=1S/C5H7NO6/c7-3-5(10,11)4(8,9)1-2-6(3)12/h1-2,8-12H. The molecule has 0 spiro atoms. The lowest BCUT2D eigenvalue weighted by molar-refractivity contribution is -0.330. The van der Waals surface area contributed by atoms with E-state index in [1.807, 2.05) is 0 Å². The predicted molar refractivity (Wildman–Crippen MR) is 32.1 cm³/mol. The second-order valence-corrected chi connectivity index (χ2v) is 2.36. The summed E-state index contributed by atoms with van der Waals surface area (Å²) < 4.78 is 0. The second kappa shape index (κ2) is 2.25. The molecule has 0 aromatic rings. The Morgan fingerprint density at radius 3 is 2.17 bits per heavy atom. The first-order valence-corrected chi connectivity index (χ1v) is 2.90. The number of rotatable bonds is 0. The van der Waals surface area contributed by atoms with Crippen LogP contribution < -0.4 is 0 Å². The van der Waals surface area contributed by atoms with Gasteiger partial charge in [0.25, 0.3) is 5.79 Å². The molecule has 7 heteroatoms. The van der Waals surface area contributed by atoms with Crippen LogP contribution in [0.3, 0.4) is 0 Å². The van der Waals surface area contributed by atoms with Gasteiger partial charge in [0.2, 0.25) is 0 Å². The molecule has 0 atom stereocenters. The smallest absolute Gasteiger partial charge is 0.316 e. The molecule has 1 aliphatic rings. The van der Waals surface area contributed by atoms with E-state index < -0.39 is 17.5 Å². The number of hydrogen-bond acceptors (Lipinski definition) is 6. The molecule has 12 heavy (non-hydrogen) atoms. The van der Waals surface area contributed by atoms with Crippen LogP contribution in [0, 0.1) is 0 Å². The topological polar surface area (TPSA) is 121 Å². The first-order valence-electron chi connectivity index (χ1n) is 2.90. The average Bonchev–Trinajstić information content (AvgIpc) is 1.96. The Labute approximate surface area is 66.4 Å². The van der Waals surface area contributed by atoms with E-state index in [0.29, 0.717) is 12.3 Å². The normalized spacial score (nSPS) is 26.1. The van der Waals surface area contributed by atoms with Crippen molar-refractivity contribution in [2.45, 2.75) is 11.6 Å². The zero-order chi connectivity index (χ0) is 9.57. The van der Waals surface area contributed by atoms with E-state index in [2.05, 4.69) is 0 Å². The summed E-state index contributed by atoms with van der Waals surface area (Å²) in [5.74, 6) is -8.17. The fourth-order valence-corrected chi connectivity index (χ4v) is 0.676. The number of aliphatic hydroxyl groups is 4. The van der Waals surface area contributed by atoms with Crippen LogP contribution in [-0.2, 0) is 4.79 Å². The number of amides is 1. The molecule has 1 amide bonds. The van der Waals surface area contributed by atoms with Crippen molar-refractivity contribution in [3.05, 3.63) is 12.3 Å². The largest absolute Gasteiger partial charge is 0.358 e. The summed E-state index contributed by atoms with van der Waals surface area (Å²) >= 11 is 0. The van der Waals surface area contributed by atoms with Gasteiger partial charge >= 0.3 is 11.7 Å². The third kappa shape index (κ3) is 1.00. The molecule has 0 unspecified atom stereocenters. The van der Waals surface area contributed by atoms with Crippen LogP contribution in [0.15, 0.2) is 12.3 Å². The maximum Gasteiger partial charge on any atom is 0.316 e. The van der Waals surface area contributed by atoms with E-state index >= 15 is 0 Å². The Morgan fingerprint density at radius 2 is 1.75 bits per heavy atom. The lowest BCUT2D eigenvalue weighted by Gasteiger charge is -2.35. The van der Waals surface area contributed by atoms with Gasteiger partial charge in [0.15, 0.2) is 0 Å². The number of nitrogens with zero attached hydrogens (tertiary/aromatic N) is 1. The molecule has 68 valence electrons. The van der Waals surface area contributed by atoms with E-state index in [1.54, 1.807) is 0 Å². The van der Waals surface area contributed by atoms with Gasteiger partial charge < -0.3 is 20.4 Å². The van der Waals surface area contributed by atoms with E-state index in [-0.39, 0.29) is 5.06 Å². The Bertz CT molecular complexity index is 244. The number of hydroxylamine groups is 2. The highest BCUT2D eigenvalue weighted by molar-refractivity contribution is 5.85. The van der Waals surface area contributed by atoms with Crippen LogP contribution in [0.25, 0.3) is 0 Å². The van der Waals surface area contributed by atoms with Gasteiger partial charge in [-0.1, -0.05) is 0 Å². The Morgan fingerprint density at radius 1 is 1.25 bits per heavy atom. The summed E-state index contributed by atoms with van der Waals surface area (Å²) in [6.07, 6.45) is 1.04. The van der Waals surface area contributed by atoms with Gasteiger partial charge in [0, 0.05) is 6.20 Å². The minimum atomic E-state index is -3.43. The van der Waals surface area contributed by atoms with Gasteiger partial charge in [-0.3, -0.25) is 10.0 Å². The number of hydrogen-bond donors (Lipinski definition) is 5. The molecule has 0 saturated heterocycles. The quantitative estimate of drug-likeness (QED) is 0.200. The molecule has 1 aliphatic heterocycles. The van der Waals surface area contributed by atoms with Gasteiger partial charge in [0.05, 0.1) is 0 Å². The van der Waals surface area contributed by atoms with Crippen LogP contribution in [0.4, 0.5) is 0 Å². The SMILES string of the molecule is O=C1N(O)C=CC(O)(O)C1(O)O. The summed E-state index contributed by atoms with van der Waals surface area (Å²) in [6, 6.07) is 0. The van der Waals surface area contributed by atoms with Gasteiger partial charge in [-0.15, -0.1) is 0 Å². The van der Waals surface area contributed by atoms with E-state index in [1.165, 1.54) is 0 Å². The summed E-state index contributed by atoms with van der Waals surface area (Å²) in [5.41, 5.74) is 0. The third-order valence-electron chi connectivity index (χ3n) is 1.47. The van der Waals surface area contributed by atoms with E-state index in [4.69, 9.17) is 25.6 Å².